The summed E-state index contributed by atoms with van der Waals surface area (Å²) < 4.78 is 14.3. The smallest absolute Gasteiger partial charge is 0.251 e. The van der Waals surface area contributed by atoms with Crippen LogP contribution < -0.4 is 10.2 Å². The third-order valence-electron chi connectivity index (χ3n) is 5.33. The van der Waals surface area contributed by atoms with Crippen molar-refractivity contribution < 1.29 is 9.18 Å². The number of nitrogens with zero attached hydrogens (tertiary/aromatic N) is 3. The Morgan fingerprint density at radius 2 is 1.93 bits per heavy atom. The predicted molar refractivity (Wildman–Crippen MR) is 116 cm³/mol. The molecule has 0 spiro atoms. The van der Waals surface area contributed by atoms with Gasteiger partial charge in [0.1, 0.15) is 5.82 Å². The number of thiazole rings is 1. The van der Waals surface area contributed by atoms with Gasteiger partial charge in [-0.3, -0.25) is 9.69 Å². The molecule has 4 rings (SSSR count). The maximum absolute atomic E-state index is 13.4. The van der Waals surface area contributed by atoms with E-state index in [1.165, 1.54) is 6.07 Å². The quantitative estimate of drug-likeness (QED) is 0.696. The molecule has 2 aromatic carbocycles. The third kappa shape index (κ3) is 4.57. The van der Waals surface area contributed by atoms with Gasteiger partial charge in [-0.2, -0.15) is 0 Å². The van der Waals surface area contributed by atoms with Crippen molar-refractivity contribution in [2.75, 3.05) is 44.2 Å². The molecule has 1 N–H and O–H groups in total. The standard InChI is InChI=1S/C22H25FN4OS/c1-15-3-4-16(2)18(13-15)21(28)24-7-8-26-9-11-27(12-10-26)22-25-19-6-5-17(23)14-20(19)29-22/h3-6,13-14H,7-12H2,1-2H3,(H,24,28). The summed E-state index contributed by atoms with van der Waals surface area (Å²) in [5.41, 5.74) is 3.69. The fourth-order valence-corrected chi connectivity index (χ4v) is 4.63. The first-order valence-electron chi connectivity index (χ1n) is 9.88. The number of nitrogens with one attached hydrogen (secondary N) is 1. The average Bonchev–Trinajstić information content (AvgIpc) is 3.13. The molecule has 1 aliphatic heterocycles. The van der Waals surface area contributed by atoms with E-state index in [0.717, 1.165) is 64.8 Å². The normalized spacial score (nSPS) is 15.1. The summed E-state index contributed by atoms with van der Waals surface area (Å²) in [5, 5.41) is 3.99. The Morgan fingerprint density at radius 3 is 2.72 bits per heavy atom. The number of hydrogen-bond acceptors (Lipinski definition) is 5. The zero-order valence-electron chi connectivity index (χ0n) is 16.7. The first-order valence-corrected chi connectivity index (χ1v) is 10.7. The van der Waals surface area contributed by atoms with Crippen LogP contribution in [0.25, 0.3) is 10.2 Å². The van der Waals surface area contributed by atoms with Gasteiger partial charge in [-0.25, -0.2) is 9.37 Å². The van der Waals surface area contributed by atoms with Gasteiger partial charge < -0.3 is 10.2 Å². The van der Waals surface area contributed by atoms with Crippen LogP contribution in [0.1, 0.15) is 21.5 Å². The molecule has 0 aliphatic carbocycles. The summed E-state index contributed by atoms with van der Waals surface area (Å²) in [5.74, 6) is -0.230. The maximum atomic E-state index is 13.4. The lowest BCUT2D eigenvalue weighted by Gasteiger charge is -2.34. The van der Waals surface area contributed by atoms with Crippen LogP contribution in [-0.2, 0) is 0 Å². The van der Waals surface area contributed by atoms with Gasteiger partial charge in [-0.15, -0.1) is 0 Å². The van der Waals surface area contributed by atoms with Crippen molar-refractivity contribution in [3.8, 4) is 0 Å². The van der Waals surface area contributed by atoms with Crippen LogP contribution in [0.4, 0.5) is 9.52 Å². The number of piperazine rings is 1. The Hall–Kier alpha value is -2.51. The number of hydrogen-bond donors (Lipinski definition) is 1. The SMILES string of the molecule is Cc1ccc(C)c(C(=O)NCCN2CCN(c3nc4ccc(F)cc4s3)CC2)c1. The molecule has 2 heterocycles. The molecule has 1 aromatic heterocycles. The van der Waals surface area contributed by atoms with Gasteiger partial charge in [0.15, 0.2) is 5.13 Å². The van der Waals surface area contributed by atoms with E-state index in [1.807, 2.05) is 32.0 Å². The molecule has 0 atom stereocenters. The minimum Gasteiger partial charge on any atom is -0.351 e. The van der Waals surface area contributed by atoms with Crippen LogP contribution >= 0.6 is 11.3 Å². The Kier molecular flexibility index (Phi) is 5.78. The molecule has 29 heavy (non-hydrogen) atoms. The summed E-state index contributed by atoms with van der Waals surface area (Å²) in [6.45, 7) is 9.03. The fourth-order valence-electron chi connectivity index (χ4n) is 3.59. The van der Waals surface area contributed by atoms with E-state index in [1.54, 1.807) is 23.5 Å². The molecule has 1 saturated heterocycles. The number of anilines is 1. The van der Waals surface area contributed by atoms with Gasteiger partial charge in [0.05, 0.1) is 10.2 Å². The van der Waals surface area contributed by atoms with E-state index in [2.05, 4.69) is 20.1 Å². The lowest BCUT2D eigenvalue weighted by molar-refractivity contribution is 0.0947. The number of aryl methyl sites for hydroxylation is 2. The Morgan fingerprint density at radius 1 is 1.14 bits per heavy atom. The molecule has 152 valence electrons. The Bertz CT molecular complexity index is 1030. The summed E-state index contributed by atoms with van der Waals surface area (Å²) in [6, 6.07) is 10.7. The highest BCUT2D eigenvalue weighted by Gasteiger charge is 2.20. The van der Waals surface area contributed by atoms with Gasteiger partial charge in [0.25, 0.3) is 5.91 Å². The number of carbonyl (C=O) groups excluding carboxylic acids is 1. The second-order valence-corrected chi connectivity index (χ2v) is 8.52. The lowest BCUT2D eigenvalue weighted by atomic mass is 10.1. The molecule has 5 nitrogen and oxygen atoms in total. The zero-order valence-corrected chi connectivity index (χ0v) is 17.6. The number of halogens is 1. The molecule has 0 unspecified atom stereocenters. The second-order valence-electron chi connectivity index (χ2n) is 7.51. The van der Waals surface area contributed by atoms with E-state index in [4.69, 9.17) is 0 Å². The molecule has 3 aromatic rings. The van der Waals surface area contributed by atoms with E-state index >= 15 is 0 Å². The fraction of sp³-hybridized carbons (Fsp3) is 0.364. The number of carbonyl (C=O) groups is 1. The van der Waals surface area contributed by atoms with E-state index < -0.39 is 0 Å². The van der Waals surface area contributed by atoms with E-state index in [0.29, 0.717) is 6.54 Å². The first-order chi connectivity index (χ1) is 14.0. The molecular weight excluding hydrogens is 387 g/mol. The van der Waals surface area contributed by atoms with Crippen LogP contribution in [0.15, 0.2) is 36.4 Å². The topological polar surface area (TPSA) is 48.5 Å². The molecule has 1 fully saturated rings. The second kappa shape index (κ2) is 8.47. The molecule has 0 radical (unpaired) electrons. The van der Waals surface area contributed by atoms with E-state index in [-0.39, 0.29) is 11.7 Å². The van der Waals surface area contributed by atoms with Crippen molar-refractivity contribution in [1.82, 2.24) is 15.2 Å². The van der Waals surface area contributed by atoms with Crippen LogP contribution in [0.5, 0.6) is 0 Å². The van der Waals surface area contributed by atoms with Gasteiger partial charge in [-0.1, -0.05) is 29.0 Å². The maximum Gasteiger partial charge on any atom is 0.251 e. The number of benzene rings is 2. The summed E-state index contributed by atoms with van der Waals surface area (Å²) >= 11 is 1.54. The van der Waals surface area contributed by atoms with Crippen LogP contribution in [0.3, 0.4) is 0 Å². The zero-order chi connectivity index (χ0) is 20.4. The van der Waals surface area contributed by atoms with Crippen molar-refractivity contribution in [2.45, 2.75) is 13.8 Å². The molecule has 0 bridgehead atoms. The highest BCUT2D eigenvalue weighted by molar-refractivity contribution is 7.22. The monoisotopic (exact) mass is 412 g/mol. The van der Waals surface area contributed by atoms with Crippen molar-refractivity contribution in [3.63, 3.8) is 0 Å². The van der Waals surface area contributed by atoms with Crippen molar-refractivity contribution >= 4 is 32.6 Å². The molecule has 0 saturated carbocycles. The third-order valence-corrected chi connectivity index (χ3v) is 6.41. The number of aromatic nitrogens is 1. The highest BCUT2D eigenvalue weighted by atomic mass is 32.1. The highest BCUT2D eigenvalue weighted by Crippen LogP contribution is 2.29. The number of amides is 1. The average molecular weight is 413 g/mol. The summed E-state index contributed by atoms with van der Waals surface area (Å²) in [6.07, 6.45) is 0. The van der Waals surface area contributed by atoms with Crippen molar-refractivity contribution in [3.05, 3.63) is 58.9 Å². The van der Waals surface area contributed by atoms with Crippen molar-refractivity contribution in [2.24, 2.45) is 0 Å². The van der Waals surface area contributed by atoms with Crippen LogP contribution in [0, 0.1) is 19.7 Å². The number of rotatable bonds is 5. The first kappa shape index (κ1) is 19.8. The Balaban J connectivity index is 1.26. The minimum absolute atomic E-state index is 0.00783. The lowest BCUT2D eigenvalue weighted by Crippen LogP contribution is -2.48. The van der Waals surface area contributed by atoms with Crippen LogP contribution in [0.2, 0.25) is 0 Å². The molecule has 1 amide bonds. The van der Waals surface area contributed by atoms with Gasteiger partial charge in [-0.05, 0) is 43.7 Å². The molecule has 7 heteroatoms. The van der Waals surface area contributed by atoms with Gasteiger partial charge in [0.2, 0.25) is 0 Å². The number of fused-ring (bicyclic) bond motifs is 1. The minimum atomic E-state index is -0.222. The summed E-state index contributed by atoms with van der Waals surface area (Å²) in [4.78, 5) is 21.7. The van der Waals surface area contributed by atoms with Crippen LogP contribution in [-0.4, -0.2) is 55.1 Å². The summed E-state index contributed by atoms with van der Waals surface area (Å²) in [7, 11) is 0. The van der Waals surface area contributed by atoms with Gasteiger partial charge >= 0.3 is 0 Å². The van der Waals surface area contributed by atoms with Crippen molar-refractivity contribution in [1.29, 1.82) is 0 Å². The largest absolute Gasteiger partial charge is 0.351 e. The molecule has 1 aliphatic rings. The van der Waals surface area contributed by atoms with Gasteiger partial charge in [0, 0.05) is 44.8 Å². The Labute approximate surface area is 174 Å². The molecular formula is C22H25FN4OS. The van der Waals surface area contributed by atoms with E-state index in [9.17, 15) is 9.18 Å². The predicted octanol–water partition coefficient (Wildman–Crippen LogP) is 3.60.